The molecule has 0 unspecified atom stereocenters. The van der Waals surface area contributed by atoms with E-state index in [9.17, 15) is 30.7 Å². The van der Waals surface area contributed by atoms with E-state index in [1.54, 1.807) is 0 Å². The van der Waals surface area contributed by atoms with Crippen LogP contribution in [0.2, 0.25) is 0 Å². The third kappa shape index (κ3) is 1.47. The molecule has 0 aliphatic heterocycles. The Bertz CT molecular complexity index is 187. The van der Waals surface area contributed by atoms with Crippen LogP contribution in [0.4, 0.5) is 30.7 Å². The van der Waals surface area contributed by atoms with Crippen molar-refractivity contribution in [2.75, 3.05) is 0 Å². The van der Waals surface area contributed by atoms with Gasteiger partial charge in [-0.2, -0.15) is 26.3 Å². The molecule has 69 valence electrons. The second-order valence-corrected chi connectivity index (χ2v) is 1.78. The summed E-state index contributed by atoms with van der Waals surface area (Å²) in [5.41, 5.74) is -5.67. The molecular formula is C5F7. The second kappa shape index (κ2) is 2.54. The standard InChI is InChI=1S/C5F7/c1-2-3(6,4(7,8)9)5(10,11)12. The average molecular weight is 193 g/mol. The smallest absolute Gasteiger partial charge is 0.209 e. The van der Waals surface area contributed by atoms with Crippen LogP contribution in [0.5, 0.6) is 0 Å². The molecule has 0 nitrogen and oxygen atoms in total. The van der Waals surface area contributed by atoms with E-state index >= 15 is 0 Å². The zero-order valence-corrected chi connectivity index (χ0v) is 5.15. The summed E-state index contributed by atoms with van der Waals surface area (Å²) >= 11 is 0. The van der Waals surface area contributed by atoms with Crippen molar-refractivity contribution >= 4 is 0 Å². The fraction of sp³-hybridized carbons (Fsp3) is 0.600. The molecule has 0 aromatic heterocycles. The summed E-state index contributed by atoms with van der Waals surface area (Å²) in [6.07, 6.45) is -6.80. The molecule has 0 N–H and O–H groups in total. The third-order valence-corrected chi connectivity index (χ3v) is 0.953. The number of hydrogen-bond donors (Lipinski definition) is 0. The zero-order valence-electron chi connectivity index (χ0n) is 5.15. The predicted octanol–water partition coefficient (Wildman–Crippen LogP) is 2.41. The maximum atomic E-state index is 12.0. The Kier molecular flexibility index (Phi) is 2.34. The SMILES string of the molecule is [C]#CC(F)(C(F)(F)F)C(F)(F)F. The zero-order chi connectivity index (χ0) is 10.2. The topological polar surface area (TPSA) is 0 Å². The first-order valence-corrected chi connectivity index (χ1v) is 2.32. The highest BCUT2D eigenvalue weighted by molar-refractivity contribution is 5.13. The lowest BCUT2D eigenvalue weighted by Gasteiger charge is -2.24. The van der Waals surface area contributed by atoms with E-state index in [4.69, 9.17) is 6.42 Å². The van der Waals surface area contributed by atoms with Gasteiger partial charge >= 0.3 is 18.0 Å². The summed E-state index contributed by atoms with van der Waals surface area (Å²) in [5, 5.41) is 0. The van der Waals surface area contributed by atoms with Gasteiger partial charge in [0.15, 0.2) is 0 Å². The van der Waals surface area contributed by atoms with Crippen LogP contribution in [0.25, 0.3) is 0 Å². The molecule has 12 heavy (non-hydrogen) atoms. The Balaban J connectivity index is 5.14. The summed E-state index contributed by atoms with van der Waals surface area (Å²) in [6, 6.07) is 0. The predicted molar refractivity (Wildman–Crippen MR) is 23.1 cm³/mol. The van der Waals surface area contributed by atoms with E-state index in [2.05, 4.69) is 0 Å². The highest BCUT2D eigenvalue weighted by Gasteiger charge is 2.72. The fourth-order valence-corrected chi connectivity index (χ4v) is 0.302. The monoisotopic (exact) mass is 193 g/mol. The molecule has 0 spiro atoms. The van der Waals surface area contributed by atoms with Crippen LogP contribution >= 0.6 is 0 Å². The Labute approximate surface area is 62.4 Å². The Morgan fingerprint density at radius 1 is 0.750 bits per heavy atom. The van der Waals surface area contributed by atoms with Crippen LogP contribution in [0.1, 0.15) is 0 Å². The van der Waals surface area contributed by atoms with E-state index in [0.717, 1.165) is 0 Å². The van der Waals surface area contributed by atoms with Crippen molar-refractivity contribution in [1.29, 1.82) is 0 Å². The first-order chi connectivity index (χ1) is 5.06. The first kappa shape index (κ1) is 11.1. The molecule has 0 fully saturated rings. The molecule has 0 aliphatic carbocycles. The van der Waals surface area contributed by atoms with Gasteiger partial charge < -0.3 is 0 Å². The van der Waals surface area contributed by atoms with Crippen molar-refractivity contribution < 1.29 is 30.7 Å². The second-order valence-electron chi connectivity index (χ2n) is 1.78. The summed E-state index contributed by atoms with van der Waals surface area (Å²) in [4.78, 5) is 0. The van der Waals surface area contributed by atoms with E-state index in [1.165, 1.54) is 0 Å². The molecule has 0 amide bonds. The molecule has 0 rings (SSSR count). The van der Waals surface area contributed by atoms with Gasteiger partial charge in [0.2, 0.25) is 0 Å². The maximum Gasteiger partial charge on any atom is 0.443 e. The average Bonchev–Trinajstić information content (AvgIpc) is 1.81. The Morgan fingerprint density at radius 3 is 1.00 bits per heavy atom. The number of hydrogen-bond acceptors (Lipinski definition) is 0. The van der Waals surface area contributed by atoms with Crippen LogP contribution in [-0.2, 0) is 0 Å². The van der Waals surface area contributed by atoms with Gasteiger partial charge in [0.05, 0.1) is 0 Å². The molecule has 0 aromatic carbocycles. The highest BCUT2D eigenvalue weighted by Crippen LogP contribution is 2.45. The van der Waals surface area contributed by atoms with Gasteiger partial charge in [-0.15, -0.1) is 0 Å². The lowest BCUT2D eigenvalue weighted by Crippen LogP contribution is -2.51. The largest absolute Gasteiger partial charge is 0.443 e. The van der Waals surface area contributed by atoms with Crippen LogP contribution in [0, 0.1) is 12.3 Å². The highest BCUT2D eigenvalue weighted by atomic mass is 19.4. The quantitative estimate of drug-likeness (QED) is 0.409. The van der Waals surface area contributed by atoms with E-state index in [0.29, 0.717) is 0 Å². The molecule has 0 aromatic rings. The molecule has 0 aliphatic rings. The van der Waals surface area contributed by atoms with E-state index in [-0.39, 0.29) is 5.92 Å². The van der Waals surface area contributed by atoms with Crippen LogP contribution in [0.15, 0.2) is 0 Å². The minimum absolute atomic E-state index is 0.208. The molecule has 7 heteroatoms. The van der Waals surface area contributed by atoms with E-state index in [1.807, 2.05) is 0 Å². The molecule has 0 atom stereocenters. The summed E-state index contributed by atoms with van der Waals surface area (Å²) in [5.74, 6) is -0.208. The van der Waals surface area contributed by atoms with Crippen LogP contribution in [0.3, 0.4) is 0 Å². The van der Waals surface area contributed by atoms with Crippen molar-refractivity contribution in [3.05, 3.63) is 6.42 Å². The van der Waals surface area contributed by atoms with Gasteiger partial charge in [-0.25, -0.2) is 4.39 Å². The first-order valence-electron chi connectivity index (χ1n) is 2.32. The molecule has 0 saturated carbocycles. The summed E-state index contributed by atoms with van der Waals surface area (Å²) in [7, 11) is 0. The Hall–Kier alpha value is -0.930. The molecule has 0 bridgehead atoms. The Morgan fingerprint density at radius 2 is 1.00 bits per heavy atom. The maximum absolute atomic E-state index is 12.0. The van der Waals surface area contributed by atoms with Crippen LogP contribution in [-0.4, -0.2) is 18.0 Å². The van der Waals surface area contributed by atoms with Crippen molar-refractivity contribution in [1.82, 2.24) is 0 Å². The van der Waals surface area contributed by atoms with Gasteiger partial charge in [0.25, 0.3) is 0 Å². The van der Waals surface area contributed by atoms with Crippen molar-refractivity contribution in [3.8, 4) is 5.92 Å². The van der Waals surface area contributed by atoms with Gasteiger partial charge in [-0.1, -0.05) is 0 Å². The number of halogens is 7. The summed E-state index contributed by atoms with van der Waals surface area (Å²) in [6.45, 7) is 0. The van der Waals surface area contributed by atoms with E-state index < -0.39 is 18.0 Å². The molecule has 1 radical (unpaired) electrons. The number of rotatable bonds is 0. The van der Waals surface area contributed by atoms with Gasteiger partial charge in [-0.3, -0.25) is 0 Å². The van der Waals surface area contributed by atoms with Gasteiger partial charge in [0.1, 0.15) is 0 Å². The molecule has 0 heterocycles. The molecular weight excluding hydrogens is 193 g/mol. The van der Waals surface area contributed by atoms with Crippen molar-refractivity contribution in [3.63, 3.8) is 0 Å². The minimum Gasteiger partial charge on any atom is -0.209 e. The molecule has 0 saturated heterocycles. The third-order valence-electron chi connectivity index (χ3n) is 0.953. The normalized spacial score (nSPS) is 14.2. The summed E-state index contributed by atoms with van der Waals surface area (Å²) < 4.78 is 79.9. The van der Waals surface area contributed by atoms with Crippen LogP contribution < -0.4 is 0 Å². The van der Waals surface area contributed by atoms with Gasteiger partial charge in [0, 0.05) is 0 Å². The van der Waals surface area contributed by atoms with Crippen molar-refractivity contribution in [2.45, 2.75) is 18.0 Å². The lowest BCUT2D eigenvalue weighted by molar-refractivity contribution is -0.318. The lowest BCUT2D eigenvalue weighted by atomic mass is 10.1. The fourth-order valence-electron chi connectivity index (χ4n) is 0.302. The van der Waals surface area contributed by atoms with Crippen molar-refractivity contribution in [2.24, 2.45) is 0 Å². The van der Waals surface area contributed by atoms with Gasteiger partial charge in [-0.05, 0) is 12.3 Å². The minimum atomic E-state index is -6.20. The number of alkyl halides is 7.